The summed E-state index contributed by atoms with van der Waals surface area (Å²) in [5, 5.41) is 8.54. The Labute approximate surface area is 96.0 Å². The number of hydrogen-bond donors (Lipinski definition) is 1. The van der Waals surface area contributed by atoms with Crippen LogP contribution in [-0.4, -0.2) is 60.0 Å². The molecule has 2 aliphatic heterocycles. The SMILES string of the molecule is CN1CCCC1=O.CN1CCC[C@H]1C(=O)O. The average Bonchev–Trinajstić information content (AvgIpc) is 2.78. The van der Waals surface area contributed by atoms with Gasteiger partial charge in [-0.05, 0) is 32.9 Å². The van der Waals surface area contributed by atoms with Gasteiger partial charge in [0.05, 0.1) is 0 Å². The maximum Gasteiger partial charge on any atom is 0.320 e. The fourth-order valence-corrected chi connectivity index (χ4v) is 2.01. The van der Waals surface area contributed by atoms with Crippen LogP contribution in [0.25, 0.3) is 0 Å². The number of carboxylic acids is 1. The highest BCUT2D eigenvalue weighted by atomic mass is 16.4. The molecular weight excluding hydrogens is 208 g/mol. The number of hydrogen-bond acceptors (Lipinski definition) is 3. The van der Waals surface area contributed by atoms with E-state index in [0.717, 1.165) is 38.8 Å². The van der Waals surface area contributed by atoms with Crippen molar-refractivity contribution in [3.8, 4) is 0 Å². The molecule has 0 unspecified atom stereocenters. The summed E-state index contributed by atoms with van der Waals surface area (Å²) in [6.45, 7) is 1.88. The van der Waals surface area contributed by atoms with Gasteiger partial charge in [0.2, 0.25) is 5.91 Å². The van der Waals surface area contributed by atoms with E-state index >= 15 is 0 Å². The molecule has 5 nitrogen and oxygen atoms in total. The summed E-state index contributed by atoms with van der Waals surface area (Å²) in [6.07, 6.45) is 3.64. The van der Waals surface area contributed by atoms with E-state index in [0.29, 0.717) is 5.91 Å². The zero-order chi connectivity index (χ0) is 12.1. The van der Waals surface area contributed by atoms with Gasteiger partial charge < -0.3 is 10.0 Å². The Morgan fingerprint density at radius 2 is 2.00 bits per heavy atom. The van der Waals surface area contributed by atoms with Crippen LogP contribution in [0.1, 0.15) is 25.7 Å². The first-order valence-corrected chi connectivity index (χ1v) is 5.69. The number of carboxylic acid groups (broad SMARTS) is 1. The van der Waals surface area contributed by atoms with Crippen molar-refractivity contribution in [1.29, 1.82) is 0 Å². The molecule has 0 radical (unpaired) electrons. The lowest BCUT2D eigenvalue weighted by Gasteiger charge is -2.13. The number of amides is 1. The van der Waals surface area contributed by atoms with Crippen LogP contribution in [0, 0.1) is 0 Å². The van der Waals surface area contributed by atoms with Gasteiger partial charge in [0.25, 0.3) is 0 Å². The third kappa shape index (κ3) is 3.48. The predicted octanol–water partition coefficient (Wildman–Crippen LogP) is 0.404. The van der Waals surface area contributed by atoms with Gasteiger partial charge in [-0.25, -0.2) is 0 Å². The minimum atomic E-state index is -0.685. The minimum absolute atomic E-state index is 0.218. The molecule has 1 N–H and O–H groups in total. The largest absolute Gasteiger partial charge is 0.480 e. The quantitative estimate of drug-likeness (QED) is 0.706. The molecule has 5 heteroatoms. The number of aliphatic carboxylic acids is 1. The Morgan fingerprint density at radius 3 is 2.19 bits per heavy atom. The van der Waals surface area contributed by atoms with Crippen molar-refractivity contribution in [2.24, 2.45) is 0 Å². The lowest BCUT2D eigenvalue weighted by Crippen LogP contribution is -2.32. The molecule has 1 atom stereocenters. The third-order valence-electron chi connectivity index (χ3n) is 3.12. The van der Waals surface area contributed by atoms with E-state index in [1.807, 2.05) is 19.0 Å². The van der Waals surface area contributed by atoms with E-state index in [4.69, 9.17) is 5.11 Å². The number of likely N-dealkylation sites (N-methyl/N-ethyl adjacent to an activating group) is 1. The first kappa shape index (κ1) is 13.0. The molecule has 2 heterocycles. The fraction of sp³-hybridized carbons (Fsp3) is 0.818. The van der Waals surface area contributed by atoms with Crippen molar-refractivity contribution in [3.05, 3.63) is 0 Å². The summed E-state index contributed by atoms with van der Waals surface area (Å²) in [5.74, 6) is -0.394. The molecule has 0 spiro atoms. The molecule has 2 aliphatic rings. The zero-order valence-electron chi connectivity index (χ0n) is 9.98. The second kappa shape index (κ2) is 5.84. The maximum atomic E-state index is 10.5. The van der Waals surface area contributed by atoms with E-state index in [1.54, 1.807) is 4.90 Å². The Balaban J connectivity index is 0.000000165. The van der Waals surface area contributed by atoms with Crippen molar-refractivity contribution in [2.75, 3.05) is 27.2 Å². The van der Waals surface area contributed by atoms with Crippen LogP contribution >= 0.6 is 0 Å². The van der Waals surface area contributed by atoms with Crippen molar-refractivity contribution in [1.82, 2.24) is 9.80 Å². The molecule has 16 heavy (non-hydrogen) atoms. The first-order chi connectivity index (χ1) is 7.52. The average molecular weight is 228 g/mol. The van der Waals surface area contributed by atoms with Crippen LogP contribution in [-0.2, 0) is 9.59 Å². The van der Waals surface area contributed by atoms with Gasteiger partial charge in [0, 0.05) is 20.0 Å². The molecule has 0 aromatic carbocycles. The molecule has 1 amide bonds. The lowest BCUT2D eigenvalue weighted by atomic mass is 10.2. The Bertz CT molecular complexity index is 268. The topological polar surface area (TPSA) is 60.9 Å². The van der Waals surface area contributed by atoms with Crippen LogP contribution in [0.3, 0.4) is 0 Å². The van der Waals surface area contributed by atoms with Crippen molar-refractivity contribution < 1.29 is 14.7 Å². The number of nitrogens with zero attached hydrogens (tertiary/aromatic N) is 2. The molecule has 0 aromatic rings. The van der Waals surface area contributed by atoms with Gasteiger partial charge in [0.1, 0.15) is 6.04 Å². The summed E-state index contributed by atoms with van der Waals surface area (Å²) in [5.41, 5.74) is 0. The molecule has 0 aromatic heterocycles. The number of rotatable bonds is 1. The van der Waals surface area contributed by atoms with Gasteiger partial charge in [-0.15, -0.1) is 0 Å². The second-order valence-electron chi connectivity index (χ2n) is 4.40. The Morgan fingerprint density at radius 1 is 1.31 bits per heavy atom. The summed E-state index contributed by atoms with van der Waals surface area (Å²) >= 11 is 0. The highest BCUT2D eigenvalue weighted by Crippen LogP contribution is 2.13. The van der Waals surface area contributed by atoms with Crippen molar-refractivity contribution in [2.45, 2.75) is 31.7 Å². The molecule has 2 saturated heterocycles. The van der Waals surface area contributed by atoms with E-state index in [2.05, 4.69) is 0 Å². The van der Waals surface area contributed by atoms with E-state index in [-0.39, 0.29) is 6.04 Å². The standard InChI is InChI=1S/C6H11NO2.C5H9NO/c1-7-4-2-3-5(7)6(8)9;1-6-4-2-3-5(6)7/h5H,2-4H2,1H3,(H,8,9);2-4H2,1H3/t5-;/m0./s1. The summed E-state index contributed by atoms with van der Waals surface area (Å²) in [6, 6.07) is -0.218. The molecule has 0 bridgehead atoms. The molecule has 2 rings (SSSR count). The maximum absolute atomic E-state index is 10.5. The summed E-state index contributed by atoms with van der Waals surface area (Å²) < 4.78 is 0. The molecule has 0 aliphatic carbocycles. The van der Waals surface area contributed by atoms with E-state index < -0.39 is 5.97 Å². The van der Waals surface area contributed by atoms with Crippen LogP contribution in [0.5, 0.6) is 0 Å². The summed E-state index contributed by atoms with van der Waals surface area (Å²) in [7, 11) is 3.70. The Hall–Kier alpha value is -1.10. The molecule has 2 fully saturated rings. The van der Waals surface area contributed by atoms with Gasteiger partial charge in [-0.2, -0.15) is 0 Å². The van der Waals surface area contributed by atoms with Gasteiger partial charge in [-0.1, -0.05) is 0 Å². The normalized spacial score (nSPS) is 25.5. The van der Waals surface area contributed by atoms with Gasteiger partial charge in [0.15, 0.2) is 0 Å². The van der Waals surface area contributed by atoms with Crippen LogP contribution in [0.15, 0.2) is 0 Å². The minimum Gasteiger partial charge on any atom is -0.480 e. The molecular formula is C11H20N2O3. The first-order valence-electron chi connectivity index (χ1n) is 5.69. The van der Waals surface area contributed by atoms with E-state index in [9.17, 15) is 9.59 Å². The second-order valence-corrected chi connectivity index (χ2v) is 4.40. The predicted molar refractivity (Wildman–Crippen MR) is 60.2 cm³/mol. The number of carbonyl (C=O) groups is 2. The van der Waals surface area contributed by atoms with Gasteiger partial charge >= 0.3 is 5.97 Å². The van der Waals surface area contributed by atoms with Crippen LogP contribution in [0.2, 0.25) is 0 Å². The zero-order valence-corrected chi connectivity index (χ0v) is 9.98. The van der Waals surface area contributed by atoms with Crippen LogP contribution < -0.4 is 0 Å². The monoisotopic (exact) mass is 228 g/mol. The van der Waals surface area contributed by atoms with Gasteiger partial charge in [-0.3, -0.25) is 14.5 Å². The highest BCUT2D eigenvalue weighted by Gasteiger charge is 2.26. The lowest BCUT2D eigenvalue weighted by molar-refractivity contribution is -0.141. The summed E-state index contributed by atoms with van der Waals surface area (Å²) in [4.78, 5) is 24.5. The van der Waals surface area contributed by atoms with Crippen LogP contribution in [0.4, 0.5) is 0 Å². The molecule has 0 saturated carbocycles. The Kier molecular flexibility index (Phi) is 4.73. The van der Waals surface area contributed by atoms with Crippen molar-refractivity contribution in [3.63, 3.8) is 0 Å². The highest BCUT2D eigenvalue weighted by molar-refractivity contribution is 5.77. The smallest absolute Gasteiger partial charge is 0.320 e. The fourth-order valence-electron chi connectivity index (χ4n) is 2.01. The third-order valence-corrected chi connectivity index (χ3v) is 3.12. The van der Waals surface area contributed by atoms with E-state index in [1.165, 1.54) is 0 Å². The number of carbonyl (C=O) groups excluding carboxylic acids is 1. The number of likely N-dealkylation sites (tertiary alicyclic amines) is 2. The van der Waals surface area contributed by atoms with Crippen molar-refractivity contribution >= 4 is 11.9 Å². The molecule has 92 valence electrons.